The van der Waals surface area contributed by atoms with E-state index in [1.807, 2.05) is 0 Å². The fraction of sp³-hybridized carbons (Fsp3) is 0.667. The van der Waals surface area contributed by atoms with Gasteiger partial charge in [-0.15, -0.1) is 0 Å². The molecule has 0 heterocycles. The van der Waals surface area contributed by atoms with Gasteiger partial charge in [-0.3, -0.25) is 15.1 Å². The molecule has 0 fully saturated rings. The first-order valence-corrected chi connectivity index (χ1v) is 3.86. The number of nitrogens with two attached hydrogens (primary N) is 1. The van der Waals surface area contributed by atoms with Gasteiger partial charge in [-0.25, -0.2) is 4.57 Å². The lowest BCUT2D eigenvalue weighted by Crippen LogP contribution is -2.30. The van der Waals surface area contributed by atoms with Crippen molar-refractivity contribution in [3.05, 3.63) is 0 Å². The number of ketones is 1. The molecule has 6 nitrogen and oxygen atoms in total. The number of hydrogen-bond acceptors (Lipinski definition) is 4. The van der Waals surface area contributed by atoms with E-state index >= 15 is 0 Å². The molecule has 1 atom stereocenters. The summed E-state index contributed by atoms with van der Waals surface area (Å²) in [5.41, 5.74) is 4.84. The van der Waals surface area contributed by atoms with E-state index < -0.39 is 19.8 Å². The monoisotopic (exact) mass is 169 g/mol. The Labute approximate surface area is 57.2 Å². The molecule has 0 spiro atoms. The third-order valence-corrected chi connectivity index (χ3v) is 1.15. The maximum atomic E-state index is 10.2. The average Bonchev–Trinajstić information content (AvgIpc) is 1.60. The van der Waals surface area contributed by atoms with Gasteiger partial charge in [-0.1, -0.05) is 0 Å². The molecule has 7 heteroatoms. The van der Waals surface area contributed by atoms with Crippen LogP contribution in [0.2, 0.25) is 0 Å². The molecule has 60 valence electrons. The molecule has 0 amide bonds. The quantitative estimate of drug-likeness (QED) is 0.368. The van der Waals surface area contributed by atoms with Crippen molar-refractivity contribution in [2.45, 2.75) is 13.2 Å². The van der Waals surface area contributed by atoms with Crippen LogP contribution >= 0.6 is 7.82 Å². The molecule has 1 unspecified atom stereocenters. The van der Waals surface area contributed by atoms with Crippen LogP contribution in [0.15, 0.2) is 0 Å². The van der Waals surface area contributed by atoms with Gasteiger partial charge in [0.25, 0.3) is 0 Å². The summed E-state index contributed by atoms with van der Waals surface area (Å²) in [7, 11) is -4.62. The van der Waals surface area contributed by atoms with Gasteiger partial charge in [-0.2, -0.15) is 0 Å². The summed E-state index contributed by atoms with van der Waals surface area (Å²) in [6.07, 6.45) is -1.54. The normalized spacial score (nSPS) is 14.8. The highest BCUT2D eigenvalue weighted by molar-refractivity contribution is 7.46. The minimum Gasteiger partial charge on any atom is -0.303 e. The van der Waals surface area contributed by atoms with E-state index in [9.17, 15) is 9.36 Å². The summed E-state index contributed by atoms with van der Waals surface area (Å²) < 4.78 is 13.8. The molecule has 4 N–H and O–H groups in total. The highest BCUT2D eigenvalue weighted by Gasteiger charge is 2.21. The van der Waals surface area contributed by atoms with E-state index in [0.717, 1.165) is 6.92 Å². The van der Waals surface area contributed by atoms with Crippen molar-refractivity contribution in [2.24, 2.45) is 5.73 Å². The Balaban J connectivity index is 3.93. The molecule has 0 bridgehead atoms. The fourth-order valence-corrected chi connectivity index (χ4v) is 0.666. The smallest absolute Gasteiger partial charge is 0.303 e. The number of Topliss-reactive ketones (excluding diaryl/α,β-unsaturated/α-hetero) is 1. The van der Waals surface area contributed by atoms with Gasteiger partial charge >= 0.3 is 7.82 Å². The summed E-state index contributed by atoms with van der Waals surface area (Å²) in [6.45, 7) is 1.07. The minimum absolute atomic E-state index is 0.636. The Hall–Kier alpha value is -0.260. The van der Waals surface area contributed by atoms with Crippen LogP contribution in [0.5, 0.6) is 0 Å². The summed E-state index contributed by atoms with van der Waals surface area (Å²) in [4.78, 5) is 26.4. The Bertz CT molecular complexity index is 174. The number of phosphoric acid groups is 1. The van der Waals surface area contributed by atoms with Crippen molar-refractivity contribution >= 4 is 13.6 Å². The fourth-order valence-electron chi connectivity index (χ4n) is 0.222. The molecule has 0 aliphatic rings. The van der Waals surface area contributed by atoms with E-state index in [1.165, 1.54) is 0 Å². The van der Waals surface area contributed by atoms with Crippen LogP contribution in [-0.4, -0.2) is 21.8 Å². The van der Waals surface area contributed by atoms with Crippen LogP contribution in [0.3, 0.4) is 0 Å². The Morgan fingerprint density at radius 3 is 2.20 bits per heavy atom. The second-order valence-corrected chi connectivity index (χ2v) is 2.82. The molecule has 0 rings (SSSR count). The Kier molecular flexibility index (Phi) is 3.14. The van der Waals surface area contributed by atoms with Gasteiger partial charge in [-0.05, 0) is 6.92 Å². The number of carbonyl (C=O) groups is 1. The van der Waals surface area contributed by atoms with E-state index in [1.54, 1.807) is 0 Å². The first kappa shape index (κ1) is 9.74. The molecular formula is C3H8NO5P. The number of hydrogen-bond donors (Lipinski definition) is 3. The first-order valence-electron chi connectivity index (χ1n) is 2.33. The summed E-state index contributed by atoms with van der Waals surface area (Å²) in [5.74, 6) is -0.636. The van der Waals surface area contributed by atoms with Gasteiger partial charge in [0, 0.05) is 0 Å². The second kappa shape index (κ2) is 3.23. The van der Waals surface area contributed by atoms with Crippen LogP contribution in [-0.2, 0) is 13.9 Å². The Morgan fingerprint density at radius 1 is 1.70 bits per heavy atom. The maximum absolute atomic E-state index is 10.2. The molecule has 0 aromatic rings. The molecule has 0 aliphatic heterocycles. The lowest BCUT2D eigenvalue weighted by Gasteiger charge is -2.08. The van der Waals surface area contributed by atoms with Crippen molar-refractivity contribution < 1.29 is 23.7 Å². The summed E-state index contributed by atoms with van der Waals surface area (Å²) in [5, 5.41) is 0. The van der Waals surface area contributed by atoms with Crippen LogP contribution < -0.4 is 5.73 Å². The van der Waals surface area contributed by atoms with Crippen molar-refractivity contribution in [1.82, 2.24) is 0 Å². The molecule has 0 saturated carbocycles. The molecule has 0 aromatic carbocycles. The van der Waals surface area contributed by atoms with Crippen LogP contribution in [0.25, 0.3) is 0 Å². The summed E-state index contributed by atoms with van der Waals surface area (Å²) >= 11 is 0. The second-order valence-electron chi connectivity index (χ2n) is 1.63. The minimum atomic E-state index is -4.62. The largest absolute Gasteiger partial charge is 0.471 e. The third kappa shape index (κ3) is 4.60. The summed E-state index contributed by atoms with van der Waals surface area (Å²) in [6, 6.07) is 0. The maximum Gasteiger partial charge on any atom is 0.471 e. The van der Waals surface area contributed by atoms with Crippen molar-refractivity contribution in [1.29, 1.82) is 0 Å². The van der Waals surface area contributed by atoms with Gasteiger partial charge in [0.2, 0.25) is 0 Å². The standard InChI is InChI=1S/C3H8NO5P/c1-2(5)3(4)9-10(6,7)8/h3H,4H2,1H3,(H2,6,7,8). The number of phosphoric ester groups is 1. The van der Waals surface area contributed by atoms with Crippen LogP contribution in [0, 0.1) is 0 Å². The molecule has 0 saturated heterocycles. The highest BCUT2D eigenvalue weighted by Crippen LogP contribution is 2.36. The predicted molar refractivity (Wildman–Crippen MR) is 31.8 cm³/mol. The van der Waals surface area contributed by atoms with Gasteiger partial charge < -0.3 is 9.79 Å². The van der Waals surface area contributed by atoms with Crippen LogP contribution in [0.1, 0.15) is 6.92 Å². The highest BCUT2D eigenvalue weighted by atomic mass is 31.2. The zero-order valence-electron chi connectivity index (χ0n) is 5.22. The molecule has 0 radical (unpaired) electrons. The van der Waals surface area contributed by atoms with Crippen molar-refractivity contribution in [3.63, 3.8) is 0 Å². The third-order valence-electron chi connectivity index (χ3n) is 0.652. The molecular weight excluding hydrogens is 161 g/mol. The lowest BCUT2D eigenvalue weighted by atomic mass is 10.4. The van der Waals surface area contributed by atoms with E-state index in [0.29, 0.717) is 0 Å². The first-order chi connectivity index (χ1) is 4.33. The van der Waals surface area contributed by atoms with E-state index in [2.05, 4.69) is 4.52 Å². The zero-order chi connectivity index (χ0) is 8.36. The Morgan fingerprint density at radius 2 is 2.10 bits per heavy atom. The van der Waals surface area contributed by atoms with Crippen molar-refractivity contribution in [3.8, 4) is 0 Å². The van der Waals surface area contributed by atoms with Crippen LogP contribution in [0.4, 0.5) is 0 Å². The predicted octanol–water partition coefficient (Wildman–Crippen LogP) is -1.03. The molecule has 0 aliphatic carbocycles. The van der Waals surface area contributed by atoms with Crippen molar-refractivity contribution in [2.75, 3.05) is 0 Å². The van der Waals surface area contributed by atoms with Gasteiger partial charge in [0.05, 0.1) is 0 Å². The molecule has 10 heavy (non-hydrogen) atoms. The molecule has 0 aromatic heterocycles. The van der Waals surface area contributed by atoms with E-state index in [-0.39, 0.29) is 0 Å². The van der Waals surface area contributed by atoms with Gasteiger partial charge in [0.15, 0.2) is 12.0 Å². The van der Waals surface area contributed by atoms with Gasteiger partial charge in [0.1, 0.15) is 0 Å². The number of carbonyl (C=O) groups excluding carboxylic acids is 1. The SMILES string of the molecule is CC(=O)C(N)OP(=O)(O)O. The number of rotatable bonds is 3. The topological polar surface area (TPSA) is 110 Å². The van der Waals surface area contributed by atoms with E-state index in [4.69, 9.17) is 15.5 Å². The zero-order valence-corrected chi connectivity index (χ0v) is 6.12. The average molecular weight is 169 g/mol. The lowest BCUT2D eigenvalue weighted by molar-refractivity contribution is -0.124.